The summed E-state index contributed by atoms with van der Waals surface area (Å²) in [5, 5.41) is 0. The third-order valence-electron chi connectivity index (χ3n) is 1.50. The van der Waals surface area contributed by atoms with Crippen LogP contribution in [0.15, 0.2) is 12.7 Å². The predicted molar refractivity (Wildman–Crippen MR) is 64.5 cm³/mol. The molecule has 0 aromatic heterocycles. The molecule has 8 heteroatoms. The molecule has 0 aliphatic heterocycles. The van der Waals surface area contributed by atoms with Gasteiger partial charge in [0.15, 0.2) is 6.17 Å². The fraction of sp³-hybridized carbons (Fsp3) is 0.800. The van der Waals surface area contributed by atoms with E-state index in [4.69, 9.17) is 0 Å². The van der Waals surface area contributed by atoms with Gasteiger partial charge in [-0.3, -0.25) is 0 Å². The Morgan fingerprint density at radius 3 is 1.83 bits per heavy atom. The number of halogens is 8. The van der Waals surface area contributed by atoms with Crippen molar-refractivity contribution in [2.75, 3.05) is 0 Å². The highest BCUT2D eigenvalue weighted by Crippen LogP contribution is 2.29. The molecule has 0 aliphatic carbocycles. The fourth-order valence-electron chi connectivity index (χ4n) is 0.775. The van der Waals surface area contributed by atoms with Gasteiger partial charge < -0.3 is 0 Å². The first-order valence-corrected chi connectivity index (χ1v) is 6.15. The van der Waals surface area contributed by atoms with Gasteiger partial charge in [0.2, 0.25) is 0 Å². The fourth-order valence-corrected chi connectivity index (χ4v) is 1.58. The molecule has 0 bridgehead atoms. The van der Waals surface area contributed by atoms with Gasteiger partial charge in [-0.15, -0.1) is 6.58 Å². The van der Waals surface area contributed by atoms with Crippen LogP contribution in [0.25, 0.3) is 0 Å². The molecule has 18 heavy (non-hydrogen) atoms. The second-order valence-electron chi connectivity index (χ2n) is 3.49. The normalized spacial score (nSPS) is 15.4. The van der Waals surface area contributed by atoms with Gasteiger partial charge in [-0.25, -0.2) is 4.39 Å². The highest BCUT2D eigenvalue weighted by atomic mass is 127. The molecule has 0 fully saturated rings. The summed E-state index contributed by atoms with van der Waals surface area (Å²) >= 11 is 1.83. The molecule has 2 unspecified atom stereocenters. The molecular formula is C10H14F7I. The van der Waals surface area contributed by atoms with Crippen LogP contribution in [0.2, 0.25) is 0 Å². The van der Waals surface area contributed by atoms with Crippen molar-refractivity contribution < 1.29 is 30.7 Å². The van der Waals surface area contributed by atoms with Crippen molar-refractivity contribution in [3.63, 3.8) is 0 Å². The van der Waals surface area contributed by atoms with Crippen LogP contribution in [0.3, 0.4) is 0 Å². The summed E-state index contributed by atoms with van der Waals surface area (Å²) in [5.41, 5.74) is 0. The maximum Gasteiger partial charge on any atom is 0.419 e. The predicted octanol–water partition coefficient (Wildman–Crippen LogP) is 5.62. The summed E-state index contributed by atoms with van der Waals surface area (Å²) in [6, 6.07) is 0. The Hall–Kier alpha value is -0.0200. The average molecular weight is 394 g/mol. The molecule has 0 aromatic carbocycles. The standard InChI is InChI=1S/C8H11F4I.C2H3F3/c1-2-3-4-6(13)5-7(9)8(10,11)12;1-2(3,4)5/h2,6-7H,1,3-5H2;1H3. The highest BCUT2D eigenvalue weighted by Gasteiger charge is 2.40. The Labute approximate surface area is 115 Å². The highest BCUT2D eigenvalue weighted by molar-refractivity contribution is 14.1. The summed E-state index contributed by atoms with van der Waals surface area (Å²) in [6.07, 6.45) is -9.08. The van der Waals surface area contributed by atoms with E-state index < -0.39 is 24.9 Å². The molecule has 0 rings (SSSR count). The van der Waals surface area contributed by atoms with E-state index in [1.165, 1.54) is 0 Å². The molecule has 0 N–H and O–H groups in total. The zero-order valence-electron chi connectivity index (χ0n) is 9.58. The molecule has 110 valence electrons. The monoisotopic (exact) mass is 394 g/mol. The minimum absolute atomic E-state index is 0.188. The van der Waals surface area contributed by atoms with E-state index in [1.54, 1.807) is 6.08 Å². The molecule has 0 spiro atoms. The van der Waals surface area contributed by atoms with Crippen molar-refractivity contribution in [1.82, 2.24) is 0 Å². The number of allylic oxidation sites excluding steroid dienone is 1. The van der Waals surface area contributed by atoms with Gasteiger partial charge in [-0.1, -0.05) is 28.7 Å². The summed E-state index contributed by atoms with van der Waals surface area (Å²) in [6.45, 7) is 3.63. The van der Waals surface area contributed by atoms with Crippen molar-refractivity contribution in [1.29, 1.82) is 0 Å². The zero-order valence-corrected chi connectivity index (χ0v) is 11.7. The Morgan fingerprint density at radius 1 is 1.17 bits per heavy atom. The van der Waals surface area contributed by atoms with E-state index >= 15 is 0 Å². The Kier molecular flexibility index (Phi) is 10.1. The van der Waals surface area contributed by atoms with Crippen LogP contribution in [0.4, 0.5) is 30.7 Å². The maximum absolute atomic E-state index is 12.4. The molecule has 0 aliphatic rings. The quantitative estimate of drug-likeness (QED) is 0.246. The van der Waals surface area contributed by atoms with Gasteiger partial charge in [0.1, 0.15) is 0 Å². The number of hydrogen-bond acceptors (Lipinski definition) is 0. The summed E-state index contributed by atoms with van der Waals surface area (Å²) in [4.78, 5) is 0. The third kappa shape index (κ3) is 18.3. The van der Waals surface area contributed by atoms with E-state index in [-0.39, 0.29) is 10.8 Å². The van der Waals surface area contributed by atoms with Crippen LogP contribution >= 0.6 is 22.6 Å². The molecule has 0 nitrogen and oxygen atoms in total. The topological polar surface area (TPSA) is 0 Å². The molecule has 0 heterocycles. The third-order valence-corrected chi connectivity index (χ3v) is 2.63. The van der Waals surface area contributed by atoms with Gasteiger partial charge in [-0.2, -0.15) is 26.3 Å². The van der Waals surface area contributed by atoms with Gasteiger partial charge >= 0.3 is 12.4 Å². The first kappa shape index (κ1) is 20.3. The summed E-state index contributed by atoms with van der Waals surface area (Å²) < 4.78 is 78.4. The van der Waals surface area contributed by atoms with Crippen LogP contribution < -0.4 is 0 Å². The van der Waals surface area contributed by atoms with E-state index in [1.807, 2.05) is 22.6 Å². The van der Waals surface area contributed by atoms with Crippen LogP contribution in [-0.2, 0) is 0 Å². The van der Waals surface area contributed by atoms with E-state index in [0.717, 1.165) is 0 Å². The van der Waals surface area contributed by atoms with Gasteiger partial charge in [0.05, 0.1) is 0 Å². The minimum Gasteiger partial charge on any atom is -0.237 e. The lowest BCUT2D eigenvalue weighted by Crippen LogP contribution is -2.26. The lowest BCUT2D eigenvalue weighted by atomic mass is 10.1. The van der Waals surface area contributed by atoms with Crippen LogP contribution in [-0.4, -0.2) is 22.4 Å². The van der Waals surface area contributed by atoms with Crippen molar-refractivity contribution in [2.24, 2.45) is 0 Å². The zero-order chi connectivity index (χ0) is 15.0. The lowest BCUT2D eigenvalue weighted by molar-refractivity contribution is -0.181. The molecule has 0 amide bonds. The molecule has 0 aromatic rings. The van der Waals surface area contributed by atoms with Crippen molar-refractivity contribution in [2.45, 2.75) is 48.6 Å². The SMILES string of the molecule is C=CCCC(I)CC(F)C(F)(F)F.CC(F)(F)F. The summed E-state index contributed by atoms with van der Waals surface area (Å²) in [5.74, 6) is 0. The Balaban J connectivity index is 0. The first-order chi connectivity index (χ1) is 7.88. The van der Waals surface area contributed by atoms with Crippen LogP contribution in [0, 0.1) is 0 Å². The smallest absolute Gasteiger partial charge is 0.237 e. The average Bonchev–Trinajstić information content (AvgIpc) is 2.10. The van der Waals surface area contributed by atoms with E-state index in [9.17, 15) is 30.7 Å². The van der Waals surface area contributed by atoms with Gasteiger partial charge in [0, 0.05) is 10.8 Å². The molecule has 0 saturated carbocycles. The van der Waals surface area contributed by atoms with Crippen molar-refractivity contribution in [3.05, 3.63) is 12.7 Å². The largest absolute Gasteiger partial charge is 0.419 e. The number of alkyl halides is 8. The Morgan fingerprint density at radius 2 is 1.56 bits per heavy atom. The lowest BCUT2D eigenvalue weighted by Gasteiger charge is -2.15. The van der Waals surface area contributed by atoms with Gasteiger partial charge in [-0.05, 0) is 19.3 Å². The Bertz CT molecular complexity index is 215. The minimum atomic E-state index is -4.71. The van der Waals surface area contributed by atoms with Crippen molar-refractivity contribution in [3.8, 4) is 0 Å². The second kappa shape index (κ2) is 8.98. The summed E-state index contributed by atoms with van der Waals surface area (Å²) in [7, 11) is 0. The molecule has 2 atom stereocenters. The van der Waals surface area contributed by atoms with E-state index in [0.29, 0.717) is 12.8 Å². The number of hydrogen-bond donors (Lipinski definition) is 0. The van der Waals surface area contributed by atoms with E-state index in [2.05, 4.69) is 6.58 Å². The number of rotatable bonds is 5. The molecule has 0 radical (unpaired) electrons. The van der Waals surface area contributed by atoms with Gasteiger partial charge in [0.25, 0.3) is 0 Å². The van der Waals surface area contributed by atoms with Crippen LogP contribution in [0.1, 0.15) is 26.2 Å². The molecular weight excluding hydrogens is 380 g/mol. The van der Waals surface area contributed by atoms with Crippen LogP contribution in [0.5, 0.6) is 0 Å². The molecule has 0 saturated heterocycles. The second-order valence-corrected chi connectivity index (χ2v) is 5.25. The maximum atomic E-state index is 12.4. The first-order valence-electron chi connectivity index (χ1n) is 4.90. The van der Waals surface area contributed by atoms with Crippen molar-refractivity contribution >= 4 is 22.6 Å².